The van der Waals surface area contributed by atoms with Gasteiger partial charge in [0.25, 0.3) is 5.91 Å². The third-order valence-electron chi connectivity index (χ3n) is 3.36. The number of halogens is 1. The predicted molar refractivity (Wildman–Crippen MR) is 106 cm³/mol. The van der Waals surface area contributed by atoms with E-state index in [-0.39, 0.29) is 27.4 Å². The second-order valence-corrected chi connectivity index (χ2v) is 8.25. The van der Waals surface area contributed by atoms with E-state index < -0.39 is 15.9 Å². The van der Waals surface area contributed by atoms with E-state index in [1.807, 2.05) is 0 Å². The van der Waals surface area contributed by atoms with E-state index in [2.05, 4.69) is 15.4 Å². The van der Waals surface area contributed by atoms with Gasteiger partial charge in [0.1, 0.15) is 0 Å². The number of anilines is 2. The maximum absolute atomic E-state index is 12.4. The van der Waals surface area contributed by atoms with Crippen molar-refractivity contribution in [3.05, 3.63) is 53.1 Å². The number of sulfonamides is 1. The molecule has 0 aliphatic carbocycles. The molecule has 0 spiro atoms. The summed E-state index contributed by atoms with van der Waals surface area (Å²) in [7, 11) is -3.62. The molecule has 2 aromatic carbocycles. The van der Waals surface area contributed by atoms with Crippen molar-refractivity contribution in [1.29, 1.82) is 0 Å². The summed E-state index contributed by atoms with van der Waals surface area (Å²) in [6, 6.07) is 10.0. The molecule has 0 saturated carbocycles. The molecular formula is C18H20ClN3O4S. The number of carbonyl (C=O) groups excluding carboxylic acids is 2. The number of nitrogens with one attached hydrogen (secondary N) is 3. The third kappa shape index (κ3) is 5.78. The van der Waals surface area contributed by atoms with Crippen molar-refractivity contribution in [2.45, 2.75) is 31.7 Å². The van der Waals surface area contributed by atoms with Crippen LogP contribution in [0.3, 0.4) is 0 Å². The van der Waals surface area contributed by atoms with Crippen molar-refractivity contribution in [2.24, 2.45) is 0 Å². The van der Waals surface area contributed by atoms with Crippen LogP contribution in [0.1, 0.15) is 31.1 Å². The number of carbonyl (C=O) groups is 2. The maximum atomic E-state index is 12.4. The number of hydrogen-bond donors (Lipinski definition) is 3. The lowest BCUT2D eigenvalue weighted by atomic mass is 10.2. The van der Waals surface area contributed by atoms with E-state index in [1.54, 1.807) is 26.0 Å². The highest BCUT2D eigenvalue weighted by Gasteiger charge is 2.16. The fourth-order valence-corrected chi connectivity index (χ4v) is 3.73. The highest BCUT2D eigenvalue weighted by Crippen LogP contribution is 2.26. The van der Waals surface area contributed by atoms with Crippen molar-refractivity contribution in [3.63, 3.8) is 0 Å². The van der Waals surface area contributed by atoms with E-state index in [1.165, 1.54) is 37.3 Å². The van der Waals surface area contributed by atoms with Crippen molar-refractivity contribution in [3.8, 4) is 0 Å². The SMILES string of the molecule is CC(=O)Nc1ccc(NC(=O)c2ccc(S(=O)(=O)NC(C)C)cc2)c(Cl)c1. The van der Waals surface area contributed by atoms with Gasteiger partial charge in [-0.3, -0.25) is 9.59 Å². The van der Waals surface area contributed by atoms with Crippen LogP contribution >= 0.6 is 11.6 Å². The monoisotopic (exact) mass is 409 g/mol. The zero-order valence-corrected chi connectivity index (χ0v) is 16.6. The van der Waals surface area contributed by atoms with Crippen LogP contribution in [-0.4, -0.2) is 26.3 Å². The highest BCUT2D eigenvalue weighted by molar-refractivity contribution is 7.89. The number of benzene rings is 2. The molecule has 0 aliphatic heterocycles. The van der Waals surface area contributed by atoms with Crippen LogP contribution in [0.25, 0.3) is 0 Å². The fourth-order valence-electron chi connectivity index (χ4n) is 2.26. The molecule has 2 amide bonds. The Morgan fingerprint density at radius 1 is 1.00 bits per heavy atom. The lowest BCUT2D eigenvalue weighted by molar-refractivity contribution is -0.114. The van der Waals surface area contributed by atoms with Crippen LogP contribution in [0.5, 0.6) is 0 Å². The number of rotatable bonds is 6. The molecule has 0 aromatic heterocycles. The van der Waals surface area contributed by atoms with Gasteiger partial charge in [0.2, 0.25) is 15.9 Å². The molecule has 0 fully saturated rings. The van der Waals surface area contributed by atoms with Gasteiger partial charge in [-0.05, 0) is 56.3 Å². The minimum atomic E-state index is -3.62. The van der Waals surface area contributed by atoms with Crippen molar-refractivity contribution >= 4 is 44.8 Å². The molecule has 7 nitrogen and oxygen atoms in total. The lowest BCUT2D eigenvalue weighted by Gasteiger charge is -2.11. The van der Waals surface area contributed by atoms with Crippen molar-refractivity contribution in [1.82, 2.24) is 4.72 Å². The van der Waals surface area contributed by atoms with Gasteiger partial charge in [-0.15, -0.1) is 0 Å². The van der Waals surface area contributed by atoms with E-state index in [0.717, 1.165) is 0 Å². The van der Waals surface area contributed by atoms with Crippen LogP contribution in [0, 0.1) is 0 Å². The van der Waals surface area contributed by atoms with Gasteiger partial charge in [0.05, 0.1) is 15.6 Å². The minimum Gasteiger partial charge on any atom is -0.326 e. The van der Waals surface area contributed by atoms with E-state index in [9.17, 15) is 18.0 Å². The van der Waals surface area contributed by atoms with Gasteiger partial charge in [-0.2, -0.15) is 0 Å². The largest absolute Gasteiger partial charge is 0.326 e. The zero-order chi connectivity index (χ0) is 20.2. The third-order valence-corrected chi connectivity index (χ3v) is 5.34. The van der Waals surface area contributed by atoms with Crippen LogP contribution in [0.2, 0.25) is 5.02 Å². The molecular weight excluding hydrogens is 390 g/mol. The van der Waals surface area contributed by atoms with Crippen LogP contribution in [-0.2, 0) is 14.8 Å². The van der Waals surface area contributed by atoms with Gasteiger partial charge in [0, 0.05) is 24.2 Å². The van der Waals surface area contributed by atoms with Crippen LogP contribution in [0.4, 0.5) is 11.4 Å². The summed E-state index contributed by atoms with van der Waals surface area (Å²) >= 11 is 6.12. The Labute approximate surface area is 163 Å². The first-order valence-electron chi connectivity index (χ1n) is 8.09. The molecule has 0 radical (unpaired) electrons. The molecule has 2 rings (SSSR count). The second kappa shape index (κ2) is 8.51. The van der Waals surface area contributed by atoms with Gasteiger partial charge >= 0.3 is 0 Å². The summed E-state index contributed by atoms with van der Waals surface area (Å²) in [5.74, 6) is -0.671. The molecule has 0 unspecified atom stereocenters. The molecule has 3 N–H and O–H groups in total. The summed E-state index contributed by atoms with van der Waals surface area (Å²) in [5.41, 5.74) is 1.16. The Hall–Kier alpha value is -2.42. The fraction of sp³-hybridized carbons (Fsp3) is 0.222. The van der Waals surface area contributed by atoms with E-state index in [0.29, 0.717) is 11.4 Å². The Morgan fingerprint density at radius 3 is 2.15 bits per heavy atom. The summed E-state index contributed by atoms with van der Waals surface area (Å²) < 4.78 is 26.7. The first kappa shape index (κ1) is 20.9. The maximum Gasteiger partial charge on any atom is 0.255 e. The average Bonchev–Trinajstić information content (AvgIpc) is 2.55. The first-order valence-corrected chi connectivity index (χ1v) is 9.95. The minimum absolute atomic E-state index is 0.0745. The smallest absolute Gasteiger partial charge is 0.255 e. The van der Waals surface area contributed by atoms with Gasteiger partial charge < -0.3 is 10.6 Å². The lowest BCUT2D eigenvalue weighted by Crippen LogP contribution is -2.30. The molecule has 0 heterocycles. The molecule has 0 bridgehead atoms. The molecule has 0 aliphatic rings. The molecule has 2 aromatic rings. The molecule has 0 saturated heterocycles. The van der Waals surface area contributed by atoms with Gasteiger partial charge in [-0.1, -0.05) is 11.6 Å². The van der Waals surface area contributed by atoms with Crippen molar-refractivity contribution in [2.75, 3.05) is 10.6 Å². The molecule has 144 valence electrons. The quantitative estimate of drug-likeness (QED) is 0.681. The van der Waals surface area contributed by atoms with Gasteiger partial charge in [-0.25, -0.2) is 13.1 Å². The summed E-state index contributed by atoms with van der Waals surface area (Å²) in [4.78, 5) is 23.5. The van der Waals surface area contributed by atoms with Crippen LogP contribution < -0.4 is 15.4 Å². The second-order valence-electron chi connectivity index (χ2n) is 6.13. The highest BCUT2D eigenvalue weighted by atomic mass is 35.5. The zero-order valence-electron chi connectivity index (χ0n) is 15.0. The number of hydrogen-bond acceptors (Lipinski definition) is 4. The van der Waals surface area contributed by atoms with Gasteiger partial charge in [0.15, 0.2) is 0 Å². The Morgan fingerprint density at radius 2 is 1.63 bits per heavy atom. The summed E-state index contributed by atoms with van der Waals surface area (Å²) in [6.45, 7) is 4.82. The predicted octanol–water partition coefficient (Wildman–Crippen LogP) is 3.24. The Kier molecular flexibility index (Phi) is 6.59. The molecule has 27 heavy (non-hydrogen) atoms. The first-order chi connectivity index (χ1) is 12.6. The normalized spacial score (nSPS) is 11.3. The van der Waals surface area contributed by atoms with E-state index in [4.69, 9.17) is 11.6 Å². The number of amides is 2. The Bertz CT molecular complexity index is 957. The topological polar surface area (TPSA) is 104 Å². The van der Waals surface area contributed by atoms with Crippen molar-refractivity contribution < 1.29 is 18.0 Å². The Balaban J connectivity index is 2.14. The summed E-state index contributed by atoms with van der Waals surface area (Å²) in [5, 5.41) is 5.50. The molecule has 0 atom stereocenters. The average molecular weight is 410 g/mol. The standard InChI is InChI=1S/C18H20ClN3O4S/c1-11(2)22-27(25,26)15-7-4-13(5-8-15)18(24)21-17-9-6-14(10-16(17)19)20-12(3)23/h4-11,22H,1-3H3,(H,20,23)(H,21,24). The van der Waals surface area contributed by atoms with E-state index >= 15 is 0 Å². The van der Waals surface area contributed by atoms with Crippen LogP contribution in [0.15, 0.2) is 47.4 Å². The molecule has 9 heteroatoms. The summed E-state index contributed by atoms with van der Waals surface area (Å²) in [6.07, 6.45) is 0.